The zero-order valence-electron chi connectivity index (χ0n) is 16.2. The Balaban J connectivity index is 1.90. The number of carbonyl (C=O) groups is 1. The molecule has 0 aliphatic heterocycles. The summed E-state index contributed by atoms with van der Waals surface area (Å²) in [5.41, 5.74) is 11.1. The minimum Gasteiger partial charge on any atom is -0.377 e. The van der Waals surface area contributed by atoms with Gasteiger partial charge < -0.3 is 10.6 Å². The van der Waals surface area contributed by atoms with Crippen molar-refractivity contribution >= 4 is 17.2 Å². The number of nitrogens with zero attached hydrogens (tertiary/aromatic N) is 6. The van der Waals surface area contributed by atoms with Gasteiger partial charge in [0.15, 0.2) is 5.65 Å². The van der Waals surface area contributed by atoms with Crippen LogP contribution in [0, 0.1) is 13.8 Å². The summed E-state index contributed by atoms with van der Waals surface area (Å²) in [5, 5.41) is 4.45. The molecule has 0 aliphatic carbocycles. The Hall–Kier alpha value is -3.68. The van der Waals surface area contributed by atoms with Crippen LogP contribution in [-0.2, 0) is 0 Å². The van der Waals surface area contributed by atoms with Crippen molar-refractivity contribution in [3.63, 3.8) is 0 Å². The molecule has 1 aromatic carbocycles. The van der Waals surface area contributed by atoms with Gasteiger partial charge in [-0.1, -0.05) is 0 Å². The molecule has 0 aliphatic rings. The fourth-order valence-corrected chi connectivity index (χ4v) is 3.40. The third-order valence-electron chi connectivity index (χ3n) is 4.67. The molecule has 0 fully saturated rings. The van der Waals surface area contributed by atoms with Gasteiger partial charge in [-0.05, 0) is 38.1 Å². The predicted octanol–water partition coefficient (Wildman–Crippen LogP) is 2.36. The molecule has 28 heavy (non-hydrogen) atoms. The second-order valence-electron chi connectivity index (χ2n) is 6.91. The Labute approximate surface area is 162 Å². The smallest absolute Gasteiger partial charge is 0.250 e. The molecule has 8 nitrogen and oxygen atoms in total. The van der Waals surface area contributed by atoms with Crippen molar-refractivity contribution < 1.29 is 4.79 Å². The number of hydrogen-bond acceptors (Lipinski definition) is 5. The van der Waals surface area contributed by atoms with E-state index in [1.54, 1.807) is 23.0 Å². The number of carbonyl (C=O) groups excluding carboxylic acids is 1. The predicted molar refractivity (Wildman–Crippen MR) is 108 cm³/mol. The number of benzene rings is 1. The number of hydrogen-bond donors (Lipinski definition) is 1. The highest BCUT2D eigenvalue weighted by atomic mass is 16.1. The number of imidazole rings is 1. The first kappa shape index (κ1) is 17.7. The molecule has 142 valence electrons. The van der Waals surface area contributed by atoms with E-state index < -0.39 is 5.91 Å². The van der Waals surface area contributed by atoms with E-state index in [-0.39, 0.29) is 0 Å². The monoisotopic (exact) mass is 375 g/mol. The minimum absolute atomic E-state index is 0.451. The Kier molecular flexibility index (Phi) is 4.11. The number of amides is 1. The first-order chi connectivity index (χ1) is 13.4. The van der Waals surface area contributed by atoms with Gasteiger partial charge in [0.05, 0.1) is 17.3 Å². The molecule has 0 radical (unpaired) electrons. The summed E-state index contributed by atoms with van der Waals surface area (Å²) < 4.78 is 3.70. The first-order valence-electron chi connectivity index (χ1n) is 8.84. The molecule has 3 heterocycles. The molecule has 4 aromatic rings. The zero-order valence-corrected chi connectivity index (χ0v) is 16.2. The van der Waals surface area contributed by atoms with E-state index in [1.165, 1.54) is 0 Å². The van der Waals surface area contributed by atoms with Gasteiger partial charge in [0.1, 0.15) is 5.82 Å². The summed E-state index contributed by atoms with van der Waals surface area (Å²) in [4.78, 5) is 23.0. The van der Waals surface area contributed by atoms with Crippen molar-refractivity contribution in [1.82, 2.24) is 24.1 Å². The summed E-state index contributed by atoms with van der Waals surface area (Å²) >= 11 is 0. The summed E-state index contributed by atoms with van der Waals surface area (Å²) in [5.74, 6) is 0.219. The average Bonchev–Trinajstić information content (AvgIpc) is 3.27. The van der Waals surface area contributed by atoms with Crippen molar-refractivity contribution in [3.05, 3.63) is 59.8 Å². The van der Waals surface area contributed by atoms with E-state index in [0.717, 1.165) is 34.0 Å². The van der Waals surface area contributed by atoms with Crippen LogP contribution in [0.1, 0.15) is 21.7 Å². The lowest BCUT2D eigenvalue weighted by Crippen LogP contribution is -2.19. The van der Waals surface area contributed by atoms with Gasteiger partial charge in [-0.15, -0.1) is 0 Å². The molecule has 0 saturated carbocycles. The van der Waals surface area contributed by atoms with Crippen LogP contribution in [0.3, 0.4) is 0 Å². The number of rotatable bonds is 4. The number of aromatic nitrogens is 5. The third kappa shape index (κ3) is 2.79. The molecular formula is C20H21N7O. The third-order valence-corrected chi connectivity index (χ3v) is 4.67. The first-order valence-corrected chi connectivity index (χ1v) is 8.84. The number of fused-ring (bicyclic) bond motifs is 1. The van der Waals surface area contributed by atoms with Crippen LogP contribution >= 0.6 is 0 Å². The Morgan fingerprint density at radius 3 is 2.68 bits per heavy atom. The molecule has 0 unspecified atom stereocenters. The molecule has 0 saturated heterocycles. The Morgan fingerprint density at radius 2 is 1.96 bits per heavy atom. The lowest BCUT2D eigenvalue weighted by atomic mass is 10.1. The van der Waals surface area contributed by atoms with Crippen LogP contribution in [0.5, 0.6) is 0 Å². The number of aryl methyl sites for hydroxylation is 2. The van der Waals surface area contributed by atoms with Crippen LogP contribution in [0.4, 0.5) is 5.69 Å². The normalized spacial score (nSPS) is 11.1. The quantitative estimate of drug-likeness (QED) is 0.591. The zero-order chi connectivity index (χ0) is 20.0. The largest absolute Gasteiger partial charge is 0.377 e. The van der Waals surface area contributed by atoms with Gasteiger partial charge in [-0.25, -0.2) is 14.5 Å². The van der Waals surface area contributed by atoms with Gasteiger partial charge in [-0.3, -0.25) is 9.36 Å². The van der Waals surface area contributed by atoms with Gasteiger partial charge >= 0.3 is 0 Å². The van der Waals surface area contributed by atoms with Gasteiger partial charge in [-0.2, -0.15) is 5.10 Å². The van der Waals surface area contributed by atoms with Crippen LogP contribution < -0.4 is 10.6 Å². The lowest BCUT2D eigenvalue weighted by Gasteiger charge is -2.17. The highest BCUT2D eigenvalue weighted by molar-refractivity contribution is 5.99. The second kappa shape index (κ2) is 6.49. The molecule has 4 rings (SSSR count). The molecule has 2 N–H and O–H groups in total. The Bertz CT molecular complexity index is 1200. The second-order valence-corrected chi connectivity index (χ2v) is 6.91. The Morgan fingerprint density at radius 1 is 1.18 bits per heavy atom. The van der Waals surface area contributed by atoms with E-state index in [2.05, 4.69) is 15.1 Å². The van der Waals surface area contributed by atoms with Crippen LogP contribution in [0.25, 0.3) is 22.7 Å². The molecule has 0 atom stereocenters. The van der Waals surface area contributed by atoms with E-state index >= 15 is 0 Å². The van der Waals surface area contributed by atoms with E-state index in [1.807, 2.05) is 61.8 Å². The topological polar surface area (TPSA) is 94.3 Å². The molecule has 8 heteroatoms. The van der Waals surface area contributed by atoms with Gasteiger partial charge in [0.2, 0.25) is 0 Å². The van der Waals surface area contributed by atoms with Crippen molar-refractivity contribution in [1.29, 1.82) is 0 Å². The van der Waals surface area contributed by atoms with E-state index in [9.17, 15) is 4.79 Å². The van der Waals surface area contributed by atoms with Crippen molar-refractivity contribution in [3.8, 4) is 17.1 Å². The highest BCUT2D eigenvalue weighted by Gasteiger charge is 2.18. The van der Waals surface area contributed by atoms with Crippen LogP contribution in [-0.4, -0.2) is 44.2 Å². The SMILES string of the molecule is Cc1cc(C)n2ncc(-c3nccn3-c3ccc(N(C)C)c(C(N)=O)c3)c2n1. The van der Waals surface area contributed by atoms with Gasteiger partial charge in [0, 0.05) is 49.3 Å². The van der Waals surface area contributed by atoms with E-state index in [0.29, 0.717) is 11.4 Å². The van der Waals surface area contributed by atoms with Crippen molar-refractivity contribution in [2.45, 2.75) is 13.8 Å². The van der Waals surface area contributed by atoms with Crippen LogP contribution in [0.2, 0.25) is 0 Å². The van der Waals surface area contributed by atoms with Crippen LogP contribution in [0.15, 0.2) is 42.9 Å². The summed E-state index contributed by atoms with van der Waals surface area (Å²) in [7, 11) is 3.75. The molecule has 0 bridgehead atoms. The van der Waals surface area contributed by atoms with Gasteiger partial charge in [0.25, 0.3) is 5.91 Å². The standard InChI is InChI=1S/C20H21N7O/c1-12-9-13(2)27-20(24-12)16(11-23-27)19-22-7-8-26(19)14-5-6-17(25(3)4)15(10-14)18(21)28/h5-11H,1-4H3,(H2,21,28). The lowest BCUT2D eigenvalue weighted by molar-refractivity contribution is 0.100. The summed E-state index contributed by atoms with van der Waals surface area (Å²) in [6, 6.07) is 7.57. The maximum Gasteiger partial charge on any atom is 0.250 e. The molecule has 1 amide bonds. The van der Waals surface area contributed by atoms with Crippen molar-refractivity contribution in [2.75, 3.05) is 19.0 Å². The fraction of sp³-hybridized carbons (Fsp3) is 0.200. The fourth-order valence-electron chi connectivity index (χ4n) is 3.40. The maximum atomic E-state index is 12.0. The number of nitrogens with two attached hydrogens (primary N) is 1. The highest BCUT2D eigenvalue weighted by Crippen LogP contribution is 2.28. The summed E-state index contributed by atoms with van der Waals surface area (Å²) in [6.45, 7) is 3.94. The number of anilines is 1. The maximum absolute atomic E-state index is 12.0. The molecule has 3 aromatic heterocycles. The van der Waals surface area contributed by atoms with Crippen molar-refractivity contribution in [2.24, 2.45) is 5.73 Å². The summed E-state index contributed by atoms with van der Waals surface area (Å²) in [6.07, 6.45) is 5.32. The number of primary amides is 1. The molecule has 0 spiro atoms. The van der Waals surface area contributed by atoms with E-state index in [4.69, 9.17) is 5.73 Å². The minimum atomic E-state index is -0.476. The molecular weight excluding hydrogens is 354 g/mol. The average molecular weight is 375 g/mol.